The van der Waals surface area contributed by atoms with E-state index in [1.54, 1.807) is 7.11 Å². The second-order valence-electron chi connectivity index (χ2n) is 6.22. The number of rotatable bonds is 5. The maximum Gasteiger partial charge on any atom is 0.122 e. The van der Waals surface area contributed by atoms with E-state index in [9.17, 15) is 5.11 Å². The van der Waals surface area contributed by atoms with Crippen LogP contribution >= 0.6 is 12.4 Å². The van der Waals surface area contributed by atoms with Crippen molar-refractivity contribution in [2.75, 3.05) is 27.7 Å². The summed E-state index contributed by atoms with van der Waals surface area (Å²) in [6, 6.07) is 8.11. The molecule has 0 saturated heterocycles. The molecule has 1 aliphatic carbocycles. The van der Waals surface area contributed by atoms with Crippen LogP contribution in [0.5, 0.6) is 5.75 Å². The molecule has 0 aromatic heterocycles. The van der Waals surface area contributed by atoms with Gasteiger partial charge in [-0.1, -0.05) is 37.5 Å². The van der Waals surface area contributed by atoms with Crippen molar-refractivity contribution in [1.82, 2.24) is 4.90 Å². The molecule has 1 unspecified atom stereocenters. The Balaban J connectivity index is 0.00000220. The van der Waals surface area contributed by atoms with Gasteiger partial charge in [0.1, 0.15) is 5.75 Å². The summed E-state index contributed by atoms with van der Waals surface area (Å²) < 4.78 is 5.51. The minimum atomic E-state index is -0.600. The van der Waals surface area contributed by atoms with Crippen LogP contribution in [0.1, 0.15) is 43.6 Å². The van der Waals surface area contributed by atoms with Gasteiger partial charge in [-0.2, -0.15) is 0 Å². The molecule has 0 aliphatic heterocycles. The lowest BCUT2D eigenvalue weighted by Crippen LogP contribution is -2.43. The van der Waals surface area contributed by atoms with Crippen molar-refractivity contribution in [1.29, 1.82) is 0 Å². The highest BCUT2D eigenvalue weighted by Gasteiger charge is 2.40. The van der Waals surface area contributed by atoms with Crippen molar-refractivity contribution in [3.63, 3.8) is 0 Å². The second-order valence-corrected chi connectivity index (χ2v) is 6.22. The highest BCUT2D eigenvalue weighted by Crippen LogP contribution is 2.42. The van der Waals surface area contributed by atoms with Crippen LogP contribution in [0, 0.1) is 0 Å². The average molecular weight is 314 g/mol. The standard InChI is InChI=1S/C17H27NO2.ClH/c1-18(2)13-15(17(19)11-7-4-8-12-17)14-9-5-6-10-16(14)20-3;/h5-6,9-10,15,19H,4,7-8,11-13H2,1-3H3;1H. The summed E-state index contributed by atoms with van der Waals surface area (Å²) in [5.41, 5.74) is 0.532. The minimum absolute atomic E-state index is 0. The fraction of sp³-hybridized carbons (Fsp3) is 0.647. The third-order valence-corrected chi connectivity index (χ3v) is 4.43. The summed E-state index contributed by atoms with van der Waals surface area (Å²) in [5, 5.41) is 11.2. The molecule has 4 heteroatoms. The van der Waals surface area contributed by atoms with Crippen LogP contribution in [0.25, 0.3) is 0 Å². The van der Waals surface area contributed by atoms with Crippen LogP contribution in [-0.2, 0) is 0 Å². The molecular formula is C17H28ClNO2. The molecule has 1 aliphatic rings. The predicted octanol–water partition coefficient (Wildman–Crippen LogP) is 3.46. The molecule has 1 aromatic rings. The topological polar surface area (TPSA) is 32.7 Å². The normalized spacial score (nSPS) is 18.9. The maximum absolute atomic E-state index is 11.2. The first-order valence-electron chi connectivity index (χ1n) is 7.57. The van der Waals surface area contributed by atoms with Gasteiger partial charge in [0.15, 0.2) is 0 Å². The summed E-state index contributed by atoms with van der Waals surface area (Å²) in [5.74, 6) is 0.993. The number of methoxy groups -OCH3 is 1. The number of halogens is 1. The first kappa shape index (κ1) is 18.3. The van der Waals surface area contributed by atoms with Gasteiger partial charge >= 0.3 is 0 Å². The summed E-state index contributed by atoms with van der Waals surface area (Å²) in [4.78, 5) is 2.16. The Bertz CT molecular complexity index is 431. The molecule has 0 bridgehead atoms. The Labute approximate surface area is 134 Å². The van der Waals surface area contributed by atoms with E-state index in [2.05, 4.69) is 25.1 Å². The first-order chi connectivity index (χ1) is 9.57. The van der Waals surface area contributed by atoms with E-state index in [1.165, 1.54) is 6.42 Å². The number of benzene rings is 1. The van der Waals surface area contributed by atoms with E-state index in [4.69, 9.17) is 4.74 Å². The average Bonchev–Trinajstić information content (AvgIpc) is 2.45. The Kier molecular flexibility index (Phi) is 6.98. The molecule has 1 atom stereocenters. The van der Waals surface area contributed by atoms with Crippen molar-refractivity contribution < 1.29 is 9.84 Å². The van der Waals surface area contributed by atoms with E-state index in [1.807, 2.05) is 18.2 Å². The lowest BCUT2D eigenvalue weighted by molar-refractivity contribution is -0.0283. The smallest absolute Gasteiger partial charge is 0.122 e. The van der Waals surface area contributed by atoms with Gasteiger partial charge in [-0.3, -0.25) is 0 Å². The van der Waals surface area contributed by atoms with Crippen molar-refractivity contribution in [2.24, 2.45) is 0 Å². The molecular weight excluding hydrogens is 286 g/mol. The van der Waals surface area contributed by atoms with E-state index in [-0.39, 0.29) is 18.3 Å². The number of aliphatic hydroxyl groups is 1. The Hall–Kier alpha value is -0.770. The maximum atomic E-state index is 11.2. The largest absolute Gasteiger partial charge is 0.496 e. The van der Waals surface area contributed by atoms with Crippen LogP contribution < -0.4 is 4.74 Å². The molecule has 2 rings (SSSR count). The predicted molar refractivity (Wildman–Crippen MR) is 89.6 cm³/mol. The molecule has 0 radical (unpaired) electrons. The molecule has 3 nitrogen and oxygen atoms in total. The number of hydrogen-bond acceptors (Lipinski definition) is 3. The van der Waals surface area contributed by atoms with Crippen LogP contribution in [0.15, 0.2) is 24.3 Å². The van der Waals surface area contributed by atoms with Gasteiger partial charge in [0, 0.05) is 18.0 Å². The summed E-state index contributed by atoms with van der Waals surface area (Å²) in [6.45, 7) is 0.844. The van der Waals surface area contributed by atoms with Gasteiger partial charge in [0.25, 0.3) is 0 Å². The zero-order valence-electron chi connectivity index (χ0n) is 13.3. The van der Waals surface area contributed by atoms with Gasteiger partial charge < -0.3 is 14.7 Å². The van der Waals surface area contributed by atoms with Crippen molar-refractivity contribution >= 4 is 12.4 Å². The molecule has 0 heterocycles. The summed E-state index contributed by atoms with van der Waals surface area (Å²) in [6.07, 6.45) is 5.27. The highest BCUT2D eigenvalue weighted by molar-refractivity contribution is 5.85. The van der Waals surface area contributed by atoms with Crippen molar-refractivity contribution in [3.8, 4) is 5.75 Å². The van der Waals surface area contributed by atoms with Gasteiger partial charge in [0.05, 0.1) is 12.7 Å². The van der Waals surface area contributed by atoms with E-state index in [0.29, 0.717) is 0 Å². The van der Waals surface area contributed by atoms with E-state index >= 15 is 0 Å². The Morgan fingerprint density at radius 3 is 2.38 bits per heavy atom. The summed E-state index contributed by atoms with van der Waals surface area (Å²) in [7, 11) is 5.83. The number of ether oxygens (including phenoxy) is 1. The lowest BCUT2D eigenvalue weighted by atomic mass is 9.72. The number of likely N-dealkylation sites (N-methyl/N-ethyl adjacent to an activating group) is 1. The molecule has 0 spiro atoms. The Morgan fingerprint density at radius 2 is 1.81 bits per heavy atom. The Morgan fingerprint density at radius 1 is 1.19 bits per heavy atom. The van der Waals surface area contributed by atoms with Gasteiger partial charge in [0.2, 0.25) is 0 Å². The van der Waals surface area contributed by atoms with E-state index in [0.717, 1.165) is 43.5 Å². The minimum Gasteiger partial charge on any atom is -0.496 e. The zero-order chi connectivity index (χ0) is 14.6. The molecule has 1 fully saturated rings. The molecule has 1 N–H and O–H groups in total. The molecule has 1 saturated carbocycles. The molecule has 1 aromatic carbocycles. The summed E-state index contributed by atoms with van der Waals surface area (Å²) >= 11 is 0. The SMILES string of the molecule is COc1ccccc1C(CN(C)C)C1(O)CCCCC1.Cl. The number of nitrogens with zero attached hydrogens (tertiary/aromatic N) is 1. The van der Waals surface area contributed by atoms with Crippen LogP contribution in [0.3, 0.4) is 0 Å². The van der Waals surface area contributed by atoms with Gasteiger partial charge in [-0.25, -0.2) is 0 Å². The lowest BCUT2D eigenvalue weighted by Gasteiger charge is -2.41. The highest BCUT2D eigenvalue weighted by atomic mass is 35.5. The molecule has 21 heavy (non-hydrogen) atoms. The third-order valence-electron chi connectivity index (χ3n) is 4.43. The second kappa shape index (κ2) is 8.02. The van der Waals surface area contributed by atoms with Crippen molar-refractivity contribution in [3.05, 3.63) is 29.8 Å². The monoisotopic (exact) mass is 313 g/mol. The van der Waals surface area contributed by atoms with Crippen LogP contribution in [0.4, 0.5) is 0 Å². The van der Waals surface area contributed by atoms with Gasteiger partial charge in [-0.15, -0.1) is 12.4 Å². The third kappa shape index (κ3) is 4.35. The van der Waals surface area contributed by atoms with Gasteiger partial charge in [-0.05, 0) is 33.0 Å². The molecule has 120 valence electrons. The fourth-order valence-electron chi connectivity index (χ4n) is 3.39. The van der Waals surface area contributed by atoms with Crippen LogP contribution in [-0.4, -0.2) is 43.4 Å². The van der Waals surface area contributed by atoms with Crippen molar-refractivity contribution in [2.45, 2.75) is 43.6 Å². The molecule has 0 amide bonds. The van der Waals surface area contributed by atoms with Crippen LogP contribution in [0.2, 0.25) is 0 Å². The van der Waals surface area contributed by atoms with E-state index < -0.39 is 5.60 Å². The quantitative estimate of drug-likeness (QED) is 0.903. The first-order valence-corrected chi connectivity index (χ1v) is 7.57. The number of hydrogen-bond donors (Lipinski definition) is 1. The zero-order valence-corrected chi connectivity index (χ0v) is 14.2. The fourth-order valence-corrected chi connectivity index (χ4v) is 3.39. The number of para-hydroxylation sites is 1.